The highest BCUT2D eigenvalue weighted by molar-refractivity contribution is 4.98. The summed E-state index contributed by atoms with van der Waals surface area (Å²) in [6.45, 7) is 15.0. The van der Waals surface area contributed by atoms with E-state index in [0.717, 1.165) is 12.5 Å². The smallest absolute Gasteiger partial charge is 0.0335 e. The highest BCUT2D eigenvalue weighted by atomic mass is 15.3. The predicted molar refractivity (Wildman–Crippen MR) is 82.3 cm³/mol. The van der Waals surface area contributed by atoms with E-state index in [-0.39, 0.29) is 0 Å². The molecule has 0 bridgehead atoms. The third-order valence-electron chi connectivity index (χ3n) is 5.35. The zero-order chi connectivity index (χ0) is 14.1. The van der Waals surface area contributed by atoms with Crippen LogP contribution in [0.25, 0.3) is 0 Å². The number of rotatable bonds is 2. The van der Waals surface area contributed by atoms with E-state index in [1.165, 1.54) is 51.9 Å². The van der Waals surface area contributed by atoms with Gasteiger partial charge in [0.25, 0.3) is 0 Å². The monoisotopic (exact) mass is 267 g/mol. The molecule has 112 valence electrons. The maximum Gasteiger partial charge on any atom is 0.0335 e. The summed E-state index contributed by atoms with van der Waals surface area (Å²) in [6, 6.07) is 0. The second kappa shape index (κ2) is 5.71. The van der Waals surface area contributed by atoms with Crippen molar-refractivity contribution in [2.45, 2.75) is 64.5 Å². The van der Waals surface area contributed by atoms with Gasteiger partial charge < -0.3 is 5.73 Å². The first kappa shape index (κ1) is 15.3. The minimum atomic E-state index is 0.307. The molecular formula is C16H33N3. The summed E-state index contributed by atoms with van der Waals surface area (Å²) in [4.78, 5) is 5.32. The van der Waals surface area contributed by atoms with Gasteiger partial charge in [-0.05, 0) is 39.5 Å². The van der Waals surface area contributed by atoms with E-state index in [9.17, 15) is 0 Å². The highest BCUT2D eigenvalue weighted by Crippen LogP contribution is 2.37. The molecule has 2 fully saturated rings. The van der Waals surface area contributed by atoms with Crippen LogP contribution in [0.5, 0.6) is 0 Å². The van der Waals surface area contributed by atoms with Gasteiger partial charge in [0.2, 0.25) is 0 Å². The Hall–Kier alpha value is -0.120. The molecule has 0 aromatic carbocycles. The minimum Gasteiger partial charge on any atom is -0.329 e. The van der Waals surface area contributed by atoms with Crippen LogP contribution >= 0.6 is 0 Å². The third kappa shape index (κ3) is 3.32. The normalized spacial score (nSPS) is 35.5. The van der Waals surface area contributed by atoms with E-state index in [0.29, 0.717) is 11.1 Å². The predicted octanol–water partition coefficient (Wildman–Crippen LogP) is 2.31. The fourth-order valence-corrected chi connectivity index (χ4v) is 4.09. The Bertz CT molecular complexity index is 289. The molecule has 0 radical (unpaired) electrons. The number of nitrogens with zero attached hydrogens (tertiary/aromatic N) is 2. The van der Waals surface area contributed by atoms with Crippen LogP contribution in [0, 0.1) is 5.92 Å². The molecule has 2 unspecified atom stereocenters. The lowest BCUT2D eigenvalue weighted by Crippen LogP contribution is -2.63. The van der Waals surface area contributed by atoms with Gasteiger partial charge in [0, 0.05) is 43.8 Å². The Morgan fingerprint density at radius 1 is 1.16 bits per heavy atom. The molecule has 2 aliphatic rings. The molecule has 1 saturated carbocycles. The maximum absolute atomic E-state index is 6.20. The van der Waals surface area contributed by atoms with Gasteiger partial charge in [0.15, 0.2) is 0 Å². The molecule has 19 heavy (non-hydrogen) atoms. The Balaban J connectivity index is 1.99. The van der Waals surface area contributed by atoms with Gasteiger partial charge in [0.1, 0.15) is 0 Å². The fourth-order valence-electron chi connectivity index (χ4n) is 4.09. The molecular weight excluding hydrogens is 234 g/mol. The molecule has 2 rings (SSSR count). The third-order valence-corrected chi connectivity index (χ3v) is 5.35. The van der Waals surface area contributed by atoms with Crippen LogP contribution in [0.15, 0.2) is 0 Å². The maximum atomic E-state index is 6.20. The molecule has 3 heteroatoms. The van der Waals surface area contributed by atoms with Gasteiger partial charge in [-0.2, -0.15) is 0 Å². The molecule has 1 saturated heterocycles. The van der Waals surface area contributed by atoms with E-state index >= 15 is 0 Å². The number of piperazine rings is 1. The molecule has 2 N–H and O–H groups in total. The Kier molecular flexibility index (Phi) is 4.59. The van der Waals surface area contributed by atoms with E-state index in [1.54, 1.807) is 0 Å². The summed E-state index contributed by atoms with van der Waals surface area (Å²) in [5.74, 6) is 0.845. The topological polar surface area (TPSA) is 32.5 Å². The minimum absolute atomic E-state index is 0.307. The zero-order valence-electron chi connectivity index (χ0n) is 13.4. The van der Waals surface area contributed by atoms with Crippen LogP contribution in [-0.4, -0.2) is 53.6 Å². The van der Waals surface area contributed by atoms with Crippen LogP contribution < -0.4 is 5.73 Å². The lowest BCUT2D eigenvalue weighted by molar-refractivity contribution is -0.0204. The molecule has 0 aromatic heterocycles. The summed E-state index contributed by atoms with van der Waals surface area (Å²) < 4.78 is 0. The molecule has 3 nitrogen and oxygen atoms in total. The van der Waals surface area contributed by atoms with Gasteiger partial charge in [0.05, 0.1) is 0 Å². The summed E-state index contributed by atoms with van der Waals surface area (Å²) in [7, 11) is 0. The molecule has 0 spiro atoms. The van der Waals surface area contributed by atoms with Crippen LogP contribution in [0.2, 0.25) is 0 Å². The molecule has 0 amide bonds. The Morgan fingerprint density at radius 2 is 1.79 bits per heavy atom. The van der Waals surface area contributed by atoms with Gasteiger partial charge >= 0.3 is 0 Å². The standard InChI is InChI=1S/C16H33N3/c1-14-6-5-7-16(12-14,13-17)19-10-8-18(9-11-19)15(2,3)4/h14H,5-13,17H2,1-4H3. The van der Waals surface area contributed by atoms with Crippen molar-refractivity contribution in [3.05, 3.63) is 0 Å². The summed E-state index contributed by atoms with van der Waals surface area (Å²) >= 11 is 0. The Morgan fingerprint density at radius 3 is 2.26 bits per heavy atom. The lowest BCUT2D eigenvalue weighted by atomic mass is 9.75. The lowest BCUT2D eigenvalue weighted by Gasteiger charge is -2.52. The van der Waals surface area contributed by atoms with Gasteiger partial charge in [-0.15, -0.1) is 0 Å². The van der Waals surface area contributed by atoms with Gasteiger partial charge in [-0.3, -0.25) is 9.80 Å². The van der Waals surface area contributed by atoms with E-state index in [2.05, 4.69) is 37.5 Å². The van der Waals surface area contributed by atoms with Crippen LogP contribution in [0.1, 0.15) is 53.4 Å². The number of hydrogen-bond acceptors (Lipinski definition) is 3. The van der Waals surface area contributed by atoms with Gasteiger partial charge in [-0.1, -0.05) is 19.8 Å². The van der Waals surface area contributed by atoms with Crippen molar-refractivity contribution in [3.63, 3.8) is 0 Å². The molecule has 0 aromatic rings. The number of hydrogen-bond donors (Lipinski definition) is 1. The zero-order valence-corrected chi connectivity index (χ0v) is 13.4. The van der Waals surface area contributed by atoms with Crippen molar-refractivity contribution in [2.24, 2.45) is 11.7 Å². The van der Waals surface area contributed by atoms with E-state index in [1.807, 2.05) is 0 Å². The highest BCUT2D eigenvalue weighted by Gasteiger charge is 2.41. The van der Waals surface area contributed by atoms with Crippen LogP contribution in [-0.2, 0) is 0 Å². The van der Waals surface area contributed by atoms with Crippen molar-refractivity contribution in [1.29, 1.82) is 0 Å². The first-order valence-corrected chi connectivity index (χ1v) is 8.07. The first-order chi connectivity index (χ1) is 8.87. The average molecular weight is 267 g/mol. The second-order valence-electron chi connectivity index (χ2n) is 7.77. The van der Waals surface area contributed by atoms with Crippen molar-refractivity contribution >= 4 is 0 Å². The number of nitrogens with two attached hydrogens (primary N) is 1. The quantitative estimate of drug-likeness (QED) is 0.833. The Labute approximate surface area is 119 Å². The van der Waals surface area contributed by atoms with Gasteiger partial charge in [-0.25, -0.2) is 0 Å². The summed E-state index contributed by atoms with van der Waals surface area (Å²) in [5.41, 5.74) is 6.81. The van der Waals surface area contributed by atoms with Crippen molar-refractivity contribution in [1.82, 2.24) is 9.80 Å². The van der Waals surface area contributed by atoms with Crippen molar-refractivity contribution < 1.29 is 0 Å². The first-order valence-electron chi connectivity index (χ1n) is 8.07. The van der Waals surface area contributed by atoms with E-state index < -0.39 is 0 Å². The second-order valence-corrected chi connectivity index (χ2v) is 7.77. The fraction of sp³-hybridized carbons (Fsp3) is 1.00. The molecule has 1 aliphatic heterocycles. The molecule has 1 aliphatic carbocycles. The summed E-state index contributed by atoms with van der Waals surface area (Å²) in [5, 5.41) is 0. The van der Waals surface area contributed by atoms with Crippen molar-refractivity contribution in [3.8, 4) is 0 Å². The largest absolute Gasteiger partial charge is 0.329 e. The van der Waals surface area contributed by atoms with E-state index in [4.69, 9.17) is 5.73 Å². The molecule has 2 atom stereocenters. The molecule has 1 heterocycles. The average Bonchev–Trinajstić information content (AvgIpc) is 2.38. The van der Waals surface area contributed by atoms with Crippen LogP contribution in [0.3, 0.4) is 0 Å². The SMILES string of the molecule is CC1CCCC(CN)(N2CCN(C(C)(C)C)CC2)C1. The summed E-state index contributed by atoms with van der Waals surface area (Å²) in [6.07, 6.45) is 5.37. The van der Waals surface area contributed by atoms with Crippen molar-refractivity contribution in [2.75, 3.05) is 32.7 Å². The van der Waals surface area contributed by atoms with Crippen LogP contribution in [0.4, 0.5) is 0 Å².